The van der Waals surface area contributed by atoms with Gasteiger partial charge in [-0.2, -0.15) is 0 Å². The van der Waals surface area contributed by atoms with Crippen LogP contribution >= 0.6 is 22.7 Å². The Kier molecular flexibility index (Phi) is 4.39. The summed E-state index contributed by atoms with van der Waals surface area (Å²) >= 11 is 2.95. The number of piperidine rings is 1. The summed E-state index contributed by atoms with van der Waals surface area (Å²) in [7, 11) is 0. The van der Waals surface area contributed by atoms with Gasteiger partial charge in [-0.25, -0.2) is 14.4 Å². The van der Waals surface area contributed by atoms with Crippen molar-refractivity contribution in [1.29, 1.82) is 0 Å². The third kappa shape index (κ3) is 3.36. The van der Waals surface area contributed by atoms with Crippen LogP contribution in [0.4, 0.5) is 14.7 Å². The van der Waals surface area contributed by atoms with Gasteiger partial charge in [0.25, 0.3) is 0 Å². The lowest BCUT2D eigenvalue weighted by Crippen LogP contribution is -2.40. The number of carbonyl (C=O) groups excluding carboxylic acids is 1. The second-order valence-electron chi connectivity index (χ2n) is 6.13. The van der Waals surface area contributed by atoms with Crippen LogP contribution in [0.5, 0.6) is 0 Å². The van der Waals surface area contributed by atoms with E-state index >= 15 is 0 Å². The van der Waals surface area contributed by atoms with Crippen LogP contribution in [0.25, 0.3) is 10.2 Å². The Hall–Kier alpha value is -2.06. The van der Waals surface area contributed by atoms with Crippen LogP contribution in [0.3, 0.4) is 0 Å². The molecular weight excluding hydrogens is 359 g/mol. The summed E-state index contributed by atoms with van der Waals surface area (Å²) in [6.45, 7) is 3.39. The van der Waals surface area contributed by atoms with Gasteiger partial charge in [0.05, 0.1) is 10.6 Å². The van der Waals surface area contributed by atoms with Gasteiger partial charge < -0.3 is 10.2 Å². The highest BCUT2D eigenvalue weighted by Gasteiger charge is 2.28. The second-order valence-corrected chi connectivity index (χ2v) is 8.38. The molecule has 1 fully saturated rings. The standard InChI is InChI=1S/C17H17FN4OS2/c1-10-8-19-16(24-10)21-15(23)11-4-3-7-22(9-11)17-20-14-12(18)5-2-6-13(14)25-17/h2,5-6,8,11H,3-4,7,9H2,1H3,(H,19,21,23). The van der Waals surface area contributed by atoms with Crippen molar-refractivity contribution >= 4 is 49.1 Å². The lowest BCUT2D eigenvalue weighted by Gasteiger charge is -2.31. The molecule has 1 saturated heterocycles. The molecule has 1 amide bonds. The van der Waals surface area contributed by atoms with E-state index in [2.05, 4.69) is 20.2 Å². The zero-order valence-corrected chi connectivity index (χ0v) is 15.3. The number of hydrogen-bond donors (Lipinski definition) is 1. The highest BCUT2D eigenvalue weighted by molar-refractivity contribution is 7.22. The summed E-state index contributed by atoms with van der Waals surface area (Å²) in [6, 6.07) is 4.99. The monoisotopic (exact) mass is 376 g/mol. The first-order valence-electron chi connectivity index (χ1n) is 8.13. The molecule has 2 aromatic heterocycles. The van der Waals surface area contributed by atoms with Crippen molar-refractivity contribution in [2.24, 2.45) is 5.92 Å². The highest BCUT2D eigenvalue weighted by atomic mass is 32.1. The van der Waals surface area contributed by atoms with Crippen LogP contribution in [-0.2, 0) is 4.79 Å². The molecule has 1 aliphatic heterocycles. The topological polar surface area (TPSA) is 58.1 Å². The molecule has 0 saturated carbocycles. The van der Waals surface area contributed by atoms with E-state index in [9.17, 15) is 9.18 Å². The minimum atomic E-state index is -0.301. The fraction of sp³-hybridized carbons (Fsp3) is 0.353. The Bertz CT molecular complexity index is 922. The Morgan fingerprint density at radius 1 is 1.40 bits per heavy atom. The van der Waals surface area contributed by atoms with Crippen LogP contribution < -0.4 is 10.2 Å². The zero-order valence-electron chi connectivity index (χ0n) is 13.7. The minimum absolute atomic E-state index is 0.00802. The van der Waals surface area contributed by atoms with E-state index in [1.54, 1.807) is 12.3 Å². The van der Waals surface area contributed by atoms with E-state index in [0.717, 1.165) is 34.1 Å². The number of carbonyl (C=O) groups is 1. The first-order chi connectivity index (χ1) is 12.1. The molecule has 0 radical (unpaired) electrons. The molecule has 1 N–H and O–H groups in total. The minimum Gasteiger partial charge on any atom is -0.347 e. The Morgan fingerprint density at radius 2 is 2.28 bits per heavy atom. The molecule has 1 unspecified atom stereocenters. The number of aromatic nitrogens is 2. The largest absolute Gasteiger partial charge is 0.347 e. The Labute approximate surface area is 152 Å². The maximum Gasteiger partial charge on any atom is 0.231 e. The fourth-order valence-corrected chi connectivity index (χ4v) is 4.71. The molecule has 3 heterocycles. The zero-order chi connectivity index (χ0) is 17.4. The van der Waals surface area contributed by atoms with Gasteiger partial charge in [0.15, 0.2) is 10.3 Å². The van der Waals surface area contributed by atoms with Gasteiger partial charge in [-0.3, -0.25) is 4.79 Å². The van der Waals surface area contributed by atoms with Gasteiger partial charge in [-0.05, 0) is 31.9 Å². The van der Waals surface area contributed by atoms with Crippen molar-refractivity contribution in [2.45, 2.75) is 19.8 Å². The quantitative estimate of drug-likeness (QED) is 0.749. The maximum atomic E-state index is 13.9. The molecule has 0 spiro atoms. The number of amides is 1. The van der Waals surface area contributed by atoms with Crippen LogP contribution in [0.1, 0.15) is 17.7 Å². The molecule has 0 bridgehead atoms. The van der Waals surface area contributed by atoms with Gasteiger partial charge in [0, 0.05) is 24.2 Å². The van der Waals surface area contributed by atoms with Crippen LogP contribution in [0.15, 0.2) is 24.4 Å². The van der Waals surface area contributed by atoms with Crippen molar-refractivity contribution in [2.75, 3.05) is 23.3 Å². The number of hydrogen-bond acceptors (Lipinski definition) is 6. The molecular formula is C17H17FN4OS2. The molecule has 5 nitrogen and oxygen atoms in total. The number of benzene rings is 1. The van der Waals surface area contributed by atoms with Gasteiger partial charge in [0.2, 0.25) is 5.91 Å². The Balaban J connectivity index is 1.49. The van der Waals surface area contributed by atoms with Crippen LogP contribution in [-0.4, -0.2) is 29.0 Å². The third-order valence-electron chi connectivity index (χ3n) is 4.27. The number of fused-ring (bicyclic) bond motifs is 1. The number of anilines is 2. The number of rotatable bonds is 3. The molecule has 4 rings (SSSR count). The lowest BCUT2D eigenvalue weighted by molar-refractivity contribution is -0.120. The maximum absolute atomic E-state index is 13.9. The normalized spacial score (nSPS) is 17.8. The van der Waals surface area contributed by atoms with E-state index in [1.165, 1.54) is 28.7 Å². The first kappa shape index (κ1) is 16.4. The van der Waals surface area contributed by atoms with Crippen molar-refractivity contribution in [3.8, 4) is 0 Å². The molecule has 1 aromatic carbocycles. The molecule has 1 aliphatic rings. The highest BCUT2D eigenvalue weighted by Crippen LogP contribution is 2.33. The summed E-state index contributed by atoms with van der Waals surface area (Å²) in [5.41, 5.74) is 0.410. The van der Waals surface area contributed by atoms with Crippen molar-refractivity contribution < 1.29 is 9.18 Å². The van der Waals surface area contributed by atoms with E-state index in [1.807, 2.05) is 13.0 Å². The smallest absolute Gasteiger partial charge is 0.231 e. The molecule has 0 aliphatic carbocycles. The molecule has 3 aromatic rings. The Morgan fingerprint density at radius 3 is 3.04 bits per heavy atom. The number of thiazole rings is 2. The fourth-order valence-electron chi connectivity index (χ4n) is 3.02. The number of nitrogens with zero attached hydrogens (tertiary/aromatic N) is 3. The molecule has 8 heteroatoms. The SMILES string of the molecule is Cc1cnc(NC(=O)C2CCCN(c3nc4c(F)cccc4s3)C2)s1. The van der Waals surface area contributed by atoms with Crippen LogP contribution in [0.2, 0.25) is 0 Å². The summed E-state index contributed by atoms with van der Waals surface area (Å²) in [6.07, 6.45) is 3.50. The number of para-hydroxylation sites is 1. The predicted molar refractivity (Wildman–Crippen MR) is 100.0 cm³/mol. The van der Waals surface area contributed by atoms with Gasteiger partial charge in [-0.15, -0.1) is 11.3 Å². The van der Waals surface area contributed by atoms with Crippen molar-refractivity contribution in [3.63, 3.8) is 0 Å². The average Bonchev–Trinajstić information content (AvgIpc) is 3.22. The van der Waals surface area contributed by atoms with Crippen molar-refractivity contribution in [3.05, 3.63) is 35.1 Å². The summed E-state index contributed by atoms with van der Waals surface area (Å²) < 4.78 is 14.7. The van der Waals surface area contributed by atoms with Gasteiger partial charge in [-0.1, -0.05) is 17.4 Å². The predicted octanol–water partition coefficient (Wildman–Crippen LogP) is 4.06. The number of halogens is 1. The molecule has 1 atom stereocenters. The van der Waals surface area contributed by atoms with E-state index in [0.29, 0.717) is 17.2 Å². The van der Waals surface area contributed by atoms with Gasteiger partial charge >= 0.3 is 0 Å². The average molecular weight is 376 g/mol. The number of aryl methyl sites for hydroxylation is 1. The molecule has 130 valence electrons. The summed E-state index contributed by atoms with van der Waals surface area (Å²) in [5, 5.41) is 4.33. The summed E-state index contributed by atoms with van der Waals surface area (Å²) in [5.74, 6) is -0.424. The van der Waals surface area contributed by atoms with Crippen LogP contribution in [0, 0.1) is 18.7 Å². The number of nitrogens with one attached hydrogen (secondary N) is 1. The second kappa shape index (κ2) is 6.68. The van der Waals surface area contributed by atoms with Gasteiger partial charge in [0.1, 0.15) is 11.3 Å². The van der Waals surface area contributed by atoms with E-state index in [4.69, 9.17) is 0 Å². The first-order valence-corrected chi connectivity index (χ1v) is 9.77. The lowest BCUT2D eigenvalue weighted by atomic mass is 9.97. The van der Waals surface area contributed by atoms with Crippen molar-refractivity contribution in [1.82, 2.24) is 9.97 Å². The van der Waals surface area contributed by atoms with E-state index in [-0.39, 0.29) is 17.6 Å². The van der Waals surface area contributed by atoms with E-state index < -0.39 is 0 Å². The third-order valence-corrected chi connectivity index (χ3v) is 6.18. The summed E-state index contributed by atoms with van der Waals surface area (Å²) in [4.78, 5) is 24.3. The molecule has 25 heavy (non-hydrogen) atoms.